The molecule has 0 atom stereocenters. The van der Waals surface area contributed by atoms with Crippen LogP contribution in [0.3, 0.4) is 0 Å². The summed E-state index contributed by atoms with van der Waals surface area (Å²) in [6.45, 7) is 0.757. The number of rotatable bonds is 3. The minimum atomic E-state index is -0.887. The topological polar surface area (TPSA) is 93.4 Å². The molecule has 0 spiro atoms. The number of fused-ring (bicyclic) bond motifs is 1. The highest BCUT2D eigenvalue weighted by molar-refractivity contribution is 5.96. The lowest BCUT2D eigenvalue weighted by molar-refractivity contribution is -0.136. The van der Waals surface area contributed by atoms with Crippen molar-refractivity contribution in [2.75, 3.05) is 23.3 Å². The fraction of sp³-hybridized carbons (Fsp3) is 0.308. The Morgan fingerprint density at radius 1 is 1.53 bits per heavy atom. The lowest BCUT2D eigenvalue weighted by Crippen LogP contribution is -2.27. The van der Waals surface area contributed by atoms with Gasteiger partial charge in [0, 0.05) is 19.5 Å². The molecule has 1 heterocycles. The molecule has 0 saturated heterocycles. The Bertz CT molecular complexity index is 563. The molecule has 0 saturated carbocycles. The van der Waals surface area contributed by atoms with Crippen molar-refractivity contribution in [2.24, 2.45) is 0 Å². The predicted octanol–water partition coefficient (Wildman–Crippen LogP) is 1.18. The lowest BCUT2D eigenvalue weighted by atomic mass is 10.1. The van der Waals surface area contributed by atoms with Crippen LogP contribution >= 0.6 is 0 Å². The molecule has 0 unspecified atom stereocenters. The molecule has 19 heavy (non-hydrogen) atoms. The van der Waals surface area contributed by atoms with Crippen molar-refractivity contribution < 1.29 is 14.7 Å². The van der Waals surface area contributed by atoms with Crippen LogP contribution in [0.5, 0.6) is 0 Å². The third-order valence-electron chi connectivity index (χ3n) is 2.95. The fourth-order valence-corrected chi connectivity index (χ4v) is 2.00. The molecule has 0 radical (unpaired) electrons. The van der Waals surface area contributed by atoms with Crippen molar-refractivity contribution >= 4 is 23.3 Å². The van der Waals surface area contributed by atoms with Crippen LogP contribution in [0, 0.1) is 11.3 Å². The molecule has 2 rings (SSSR count). The maximum absolute atomic E-state index is 11.6. The van der Waals surface area contributed by atoms with Gasteiger partial charge in [-0.15, -0.1) is 0 Å². The number of nitriles is 1. The van der Waals surface area contributed by atoms with Gasteiger partial charge >= 0.3 is 5.97 Å². The van der Waals surface area contributed by atoms with Gasteiger partial charge in [-0.3, -0.25) is 9.59 Å². The summed E-state index contributed by atoms with van der Waals surface area (Å²) < 4.78 is 0. The van der Waals surface area contributed by atoms with Crippen LogP contribution in [0.2, 0.25) is 0 Å². The number of aliphatic carboxylic acids is 1. The van der Waals surface area contributed by atoms with E-state index in [1.807, 2.05) is 11.0 Å². The van der Waals surface area contributed by atoms with E-state index in [9.17, 15) is 9.59 Å². The van der Waals surface area contributed by atoms with E-state index in [1.54, 1.807) is 18.2 Å². The van der Waals surface area contributed by atoms with Crippen LogP contribution in [0.4, 0.5) is 11.4 Å². The number of nitrogens with one attached hydrogen (secondary N) is 1. The van der Waals surface area contributed by atoms with Gasteiger partial charge in [-0.2, -0.15) is 5.26 Å². The Balaban J connectivity index is 2.33. The Morgan fingerprint density at radius 3 is 3.00 bits per heavy atom. The first kappa shape index (κ1) is 12.9. The first-order valence-electron chi connectivity index (χ1n) is 5.91. The van der Waals surface area contributed by atoms with E-state index >= 15 is 0 Å². The van der Waals surface area contributed by atoms with Crippen molar-refractivity contribution in [1.29, 1.82) is 5.26 Å². The molecule has 6 heteroatoms. The number of carboxylic acids is 1. The van der Waals surface area contributed by atoms with Crippen LogP contribution in [0.15, 0.2) is 18.2 Å². The second kappa shape index (κ2) is 5.40. The zero-order valence-electron chi connectivity index (χ0n) is 10.2. The molecule has 0 aliphatic carbocycles. The number of hydrogen-bond donors (Lipinski definition) is 2. The van der Waals surface area contributed by atoms with Gasteiger partial charge < -0.3 is 15.3 Å². The summed E-state index contributed by atoms with van der Waals surface area (Å²) >= 11 is 0. The molecule has 0 fully saturated rings. The van der Waals surface area contributed by atoms with E-state index in [0.29, 0.717) is 36.4 Å². The number of benzene rings is 1. The van der Waals surface area contributed by atoms with Gasteiger partial charge in [-0.1, -0.05) is 0 Å². The molecular weight excluding hydrogens is 246 g/mol. The van der Waals surface area contributed by atoms with Gasteiger partial charge in [-0.25, -0.2) is 0 Å². The predicted molar refractivity (Wildman–Crippen MR) is 68.9 cm³/mol. The van der Waals surface area contributed by atoms with E-state index in [0.717, 1.165) is 0 Å². The van der Waals surface area contributed by atoms with E-state index in [1.165, 1.54) is 0 Å². The van der Waals surface area contributed by atoms with Gasteiger partial charge in [0.25, 0.3) is 0 Å². The molecular formula is C13H13N3O3. The van der Waals surface area contributed by atoms with Gasteiger partial charge in [-0.05, 0) is 18.2 Å². The molecule has 1 aliphatic heterocycles. The fourth-order valence-electron chi connectivity index (χ4n) is 2.00. The average molecular weight is 259 g/mol. The molecule has 1 aromatic carbocycles. The highest BCUT2D eigenvalue weighted by atomic mass is 16.4. The van der Waals surface area contributed by atoms with E-state index in [-0.39, 0.29) is 12.3 Å². The van der Waals surface area contributed by atoms with E-state index in [4.69, 9.17) is 10.4 Å². The third kappa shape index (κ3) is 3.01. The number of carbonyl (C=O) groups excluding carboxylic acids is 1. The minimum absolute atomic E-state index is 0.00951. The summed E-state index contributed by atoms with van der Waals surface area (Å²) in [5, 5.41) is 20.4. The van der Waals surface area contributed by atoms with Crippen LogP contribution in [-0.2, 0) is 9.59 Å². The molecule has 98 valence electrons. The van der Waals surface area contributed by atoms with Crippen molar-refractivity contribution in [3.8, 4) is 6.07 Å². The van der Waals surface area contributed by atoms with Crippen molar-refractivity contribution in [2.45, 2.75) is 12.8 Å². The minimum Gasteiger partial charge on any atom is -0.481 e. The Kier molecular flexibility index (Phi) is 3.66. The smallest absolute Gasteiger partial charge is 0.305 e. The van der Waals surface area contributed by atoms with Crippen LogP contribution in [0.25, 0.3) is 0 Å². The average Bonchev–Trinajstić information content (AvgIpc) is 2.54. The number of anilines is 2. The lowest BCUT2D eigenvalue weighted by Gasteiger charge is -2.23. The molecule has 2 N–H and O–H groups in total. The monoisotopic (exact) mass is 259 g/mol. The highest BCUT2D eigenvalue weighted by Gasteiger charge is 2.19. The first-order chi connectivity index (χ1) is 9.10. The van der Waals surface area contributed by atoms with Gasteiger partial charge in [0.15, 0.2) is 0 Å². The standard InChI is InChI=1S/C13H13N3O3/c14-8-9-1-2-10-11(7-9)16(6-4-13(18)19)5-3-12(17)15-10/h1-2,7H,3-6H2,(H,15,17)(H,18,19). The van der Waals surface area contributed by atoms with E-state index in [2.05, 4.69) is 5.32 Å². The molecule has 6 nitrogen and oxygen atoms in total. The summed E-state index contributed by atoms with van der Waals surface area (Å²) in [6, 6.07) is 7.00. The Morgan fingerprint density at radius 2 is 2.32 bits per heavy atom. The normalized spacial score (nSPS) is 14.1. The zero-order valence-corrected chi connectivity index (χ0v) is 10.2. The molecule has 0 aromatic heterocycles. The second-order valence-corrected chi connectivity index (χ2v) is 4.27. The molecule has 1 aliphatic rings. The van der Waals surface area contributed by atoms with E-state index < -0.39 is 5.97 Å². The number of hydrogen-bond acceptors (Lipinski definition) is 4. The van der Waals surface area contributed by atoms with Crippen molar-refractivity contribution in [3.05, 3.63) is 23.8 Å². The van der Waals surface area contributed by atoms with Crippen LogP contribution < -0.4 is 10.2 Å². The van der Waals surface area contributed by atoms with Crippen molar-refractivity contribution in [1.82, 2.24) is 0 Å². The number of carboxylic acid groups (broad SMARTS) is 1. The maximum atomic E-state index is 11.6. The number of carbonyl (C=O) groups is 2. The number of nitrogens with zero attached hydrogens (tertiary/aromatic N) is 2. The van der Waals surface area contributed by atoms with Gasteiger partial charge in [0.2, 0.25) is 5.91 Å². The summed E-state index contributed by atoms with van der Waals surface area (Å²) in [5.41, 5.74) is 1.80. The maximum Gasteiger partial charge on any atom is 0.305 e. The largest absolute Gasteiger partial charge is 0.481 e. The summed E-state index contributed by atoms with van der Waals surface area (Å²) in [7, 11) is 0. The van der Waals surface area contributed by atoms with Gasteiger partial charge in [0.1, 0.15) is 0 Å². The first-order valence-corrected chi connectivity index (χ1v) is 5.91. The summed E-state index contributed by atoms with van der Waals surface area (Å²) in [4.78, 5) is 24.1. The molecule has 1 aromatic rings. The Hall–Kier alpha value is -2.55. The van der Waals surface area contributed by atoms with Crippen molar-refractivity contribution in [3.63, 3.8) is 0 Å². The summed E-state index contributed by atoms with van der Waals surface area (Å²) in [5.74, 6) is -0.995. The van der Waals surface area contributed by atoms with Crippen LogP contribution in [0.1, 0.15) is 18.4 Å². The third-order valence-corrected chi connectivity index (χ3v) is 2.95. The Labute approximate surface area is 110 Å². The highest BCUT2D eigenvalue weighted by Crippen LogP contribution is 2.29. The van der Waals surface area contributed by atoms with Crippen LogP contribution in [-0.4, -0.2) is 30.1 Å². The molecule has 1 amide bonds. The number of amides is 1. The summed E-state index contributed by atoms with van der Waals surface area (Å²) in [6.07, 6.45) is 0.292. The second-order valence-electron chi connectivity index (χ2n) is 4.27. The zero-order chi connectivity index (χ0) is 13.8. The van der Waals surface area contributed by atoms with Gasteiger partial charge in [0.05, 0.1) is 29.4 Å². The molecule has 0 bridgehead atoms. The quantitative estimate of drug-likeness (QED) is 0.850. The SMILES string of the molecule is N#Cc1ccc2c(c1)N(CCC(=O)O)CCC(=O)N2.